The van der Waals surface area contributed by atoms with Crippen molar-refractivity contribution in [3.05, 3.63) is 29.3 Å². The maximum Gasteiger partial charge on any atom is 0.249 e. The van der Waals surface area contributed by atoms with Crippen LogP contribution < -0.4 is 4.90 Å². The lowest BCUT2D eigenvalue weighted by atomic mass is 10.1. The van der Waals surface area contributed by atoms with Gasteiger partial charge in [-0.1, -0.05) is 6.07 Å². The number of rotatable bonds is 2. The summed E-state index contributed by atoms with van der Waals surface area (Å²) in [5.74, 6) is -0.645. The standard InChI is InChI=1S/C14H15N3O2/c1-10-5-11(2)7-12(6-10)16-8-13(18)17(4-3-15)14(19)9-16/h5-7H,4,8-9H2,1-2H3. The molecule has 0 spiro atoms. The second kappa shape index (κ2) is 5.11. The highest BCUT2D eigenvalue weighted by Gasteiger charge is 2.30. The van der Waals surface area contributed by atoms with E-state index < -0.39 is 0 Å². The first-order valence-electron chi connectivity index (χ1n) is 6.04. The van der Waals surface area contributed by atoms with Crippen LogP contribution >= 0.6 is 0 Å². The zero-order chi connectivity index (χ0) is 14.0. The first kappa shape index (κ1) is 13.1. The van der Waals surface area contributed by atoms with Crippen molar-refractivity contribution in [2.45, 2.75) is 13.8 Å². The number of hydrogen-bond donors (Lipinski definition) is 0. The van der Waals surface area contributed by atoms with Crippen molar-refractivity contribution < 1.29 is 9.59 Å². The van der Waals surface area contributed by atoms with E-state index >= 15 is 0 Å². The van der Waals surface area contributed by atoms with E-state index in [4.69, 9.17) is 5.26 Å². The maximum atomic E-state index is 11.9. The molecule has 2 amide bonds. The number of hydrogen-bond acceptors (Lipinski definition) is 4. The highest BCUT2D eigenvalue weighted by Crippen LogP contribution is 2.20. The molecule has 0 radical (unpaired) electrons. The van der Waals surface area contributed by atoms with Gasteiger partial charge in [0.05, 0.1) is 19.2 Å². The quantitative estimate of drug-likeness (QED) is 0.585. The van der Waals surface area contributed by atoms with Crippen LogP contribution in [0.15, 0.2) is 18.2 Å². The van der Waals surface area contributed by atoms with Crippen LogP contribution in [0.25, 0.3) is 0 Å². The molecule has 5 heteroatoms. The van der Waals surface area contributed by atoms with E-state index in [1.807, 2.05) is 38.1 Å². The molecule has 0 N–H and O–H groups in total. The summed E-state index contributed by atoms with van der Waals surface area (Å²) in [6.07, 6.45) is 0. The van der Waals surface area contributed by atoms with Gasteiger partial charge in [0.1, 0.15) is 6.54 Å². The van der Waals surface area contributed by atoms with Crippen molar-refractivity contribution in [3.8, 4) is 6.07 Å². The van der Waals surface area contributed by atoms with Crippen LogP contribution in [-0.2, 0) is 9.59 Å². The molecule has 1 aliphatic heterocycles. The second-order valence-electron chi connectivity index (χ2n) is 4.73. The molecule has 0 saturated carbocycles. The molecule has 19 heavy (non-hydrogen) atoms. The Morgan fingerprint density at radius 2 is 1.63 bits per heavy atom. The van der Waals surface area contributed by atoms with Gasteiger partial charge in [0.15, 0.2) is 0 Å². The zero-order valence-electron chi connectivity index (χ0n) is 11.0. The van der Waals surface area contributed by atoms with Crippen molar-refractivity contribution in [2.24, 2.45) is 0 Å². The van der Waals surface area contributed by atoms with Crippen molar-refractivity contribution in [2.75, 3.05) is 24.5 Å². The molecule has 0 unspecified atom stereocenters. The molecule has 2 rings (SSSR count). The van der Waals surface area contributed by atoms with Crippen LogP contribution in [0, 0.1) is 25.2 Å². The fourth-order valence-corrected chi connectivity index (χ4v) is 2.26. The van der Waals surface area contributed by atoms with Gasteiger partial charge in [-0.25, -0.2) is 0 Å². The van der Waals surface area contributed by atoms with Crippen LogP contribution in [0.3, 0.4) is 0 Å². The van der Waals surface area contributed by atoms with Gasteiger partial charge in [-0.3, -0.25) is 14.5 Å². The van der Waals surface area contributed by atoms with Crippen LogP contribution in [0.1, 0.15) is 11.1 Å². The first-order chi connectivity index (χ1) is 9.01. The smallest absolute Gasteiger partial charge is 0.249 e. The van der Waals surface area contributed by atoms with Crippen LogP contribution in [0.4, 0.5) is 5.69 Å². The highest BCUT2D eigenvalue weighted by molar-refractivity contribution is 6.03. The van der Waals surface area contributed by atoms with Crippen LogP contribution in [0.5, 0.6) is 0 Å². The highest BCUT2D eigenvalue weighted by atomic mass is 16.2. The second-order valence-corrected chi connectivity index (χ2v) is 4.73. The van der Waals surface area contributed by atoms with Gasteiger partial charge < -0.3 is 4.90 Å². The summed E-state index contributed by atoms with van der Waals surface area (Å²) in [5, 5.41) is 8.60. The SMILES string of the molecule is Cc1cc(C)cc(N2CC(=O)N(CC#N)C(=O)C2)c1. The molecule has 1 fully saturated rings. The molecule has 0 atom stereocenters. The van der Waals surface area contributed by atoms with E-state index in [-0.39, 0.29) is 31.4 Å². The average Bonchev–Trinajstić information content (AvgIpc) is 2.32. The topological polar surface area (TPSA) is 64.4 Å². The molecule has 1 saturated heterocycles. The number of amides is 2. The Bertz CT molecular complexity index is 536. The summed E-state index contributed by atoms with van der Waals surface area (Å²) in [5.41, 5.74) is 3.06. The van der Waals surface area contributed by atoms with E-state index in [0.717, 1.165) is 21.7 Å². The average molecular weight is 257 g/mol. The van der Waals surface area contributed by atoms with Gasteiger partial charge in [-0.2, -0.15) is 5.26 Å². The number of carbonyl (C=O) groups excluding carboxylic acids is 2. The maximum absolute atomic E-state index is 11.9. The minimum Gasteiger partial charge on any atom is -0.353 e. The molecule has 0 aromatic heterocycles. The number of nitrogens with zero attached hydrogens (tertiary/aromatic N) is 3. The lowest BCUT2D eigenvalue weighted by Gasteiger charge is -2.33. The minimum absolute atomic E-state index is 0.135. The molecule has 5 nitrogen and oxygen atoms in total. The Morgan fingerprint density at radius 3 is 2.11 bits per heavy atom. The Labute approximate surface area is 112 Å². The summed E-state index contributed by atoms with van der Waals surface area (Å²) in [6, 6.07) is 7.78. The zero-order valence-corrected chi connectivity index (χ0v) is 11.0. The van der Waals surface area contributed by atoms with Gasteiger partial charge in [-0.15, -0.1) is 0 Å². The summed E-state index contributed by atoms with van der Waals surface area (Å²) in [6.45, 7) is 4.06. The monoisotopic (exact) mass is 257 g/mol. The van der Waals surface area contributed by atoms with E-state index in [1.165, 1.54) is 0 Å². The third kappa shape index (κ3) is 2.74. The Morgan fingerprint density at radius 1 is 1.11 bits per heavy atom. The van der Waals surface area contributed by atoms with Crippen molar-refractivity contribution >= 4 is 17.5 Å². The van der Waals surface area contributed by atoms with Gasteiger partial charge in [-0.05, 0) is 37.1 Å². The van der Waals surface area contributed by atoms with Crippen molar-refractivity contribution in [3.63, 3.8) is 0 Å². The van der Waals surface area contributed by atoms with Gasteiger partial charge in [0.2, 0.25) is 11.8 Å². The van der Waals surface area contributed by atoms with Crippen LogP contribution in [0.2, 0.25) is 0 Å². The molecule has 0 bridgehead atoms. The predicted molar refractivity (Wildman–Crippen MR) is 70.5 cm³/mol. The molecule has 1 heterocycles. The molecule has 1 aromatic rings. The normalized spacial score (nSPS) is 15.6. The van der Waals surface area contributed by atoms with Crippen LogP contribution in [-0.4, -0.2) is 36.3 Å². The third-order valence-corrected chi connectivity index (χ3v) is 3.05. The molecular weight excluding hydrogens is 242 g/mol. The Hall–Kier alpha value is -2.35. The largest absolute Gasteiger partial charge is 0.353 e. The van der Waals surface area contributed by atoms with Crippen molar-refractivity contribution in [1.29, 1.82) is 5.26 Å². The lowest BCUT2D eigenvalue weighted by molar-refractivity contribution is -0.144. The van der Waals surface area contributed by atoms with E-state index in [1.54, 1.807) is 4.90 Å². The summed E-state index contributed by atoms with van der Waals surface area (Å²) < 4.78 is 0. The molecular formula is C14H15N3O2. The Kier molecular flexibility index (Phi) is 3.52. The third-order valence-electron chi connectivity index (χ3n) is 3.05. The number of anilines is 1. The summed E-state index contributed by atoms with van der Waals surface area (Å²) in [4.78, 5) is 26.5. The number of piperazine rings is 1. The summed E-state index contributed by atoms with van der Waals surface area (Å²) in [7, 11) is 0. The first-order valence-corrected chi connectivity index (χ1v) is 6.04. The molecule has 1 aliphatic rings. The number of benzene rings is 1. The fourth-order valence-electron chi connectivity index (χ4n) is 2.26. The van der Waals surface area contributed by atoms with E-state index in [9.17, 15) is 9.59 Å². The predicted octanol–water partition coefficient (Wildman–Crippen LogP) is 1.00. The van der Waals surface area contributed by atoms with E-state index in [2.05, 4.69) is 0 Å². The fraction of sp³-hybridized carbons (Fsp3) is 0.357. The van der Waals surface area contributed by atoms with Gasteiger partial charge in [0, 0.05) is 5.69 Å². The Balaban J connectivity index is 2.23. The number of carbonyl (C=O) groups is 2. The molecule has 1 aromatic carbocycles. The van der Waals surface area contributed by atoms with Gasteiger partial charge >= 0.3 is 0 Å². The van der Waals surface area contributed by atoms with Gasteiger partial charge in [0.25, 0.3) is 0 Å². The lowest BCUT2D eigenvalue weighted by Crippen LogP contribution is -2.54. The summed E-state index contributed by atoms with van der Waals surface area (Å²) >= 11 is 0. The molecule has 98 valence electrons. The number of aryl methyl sites for hydroxylation is 2. The molecule has 0 aliphatic carbocycles. The number of imide groups is 1. The minimum atomic E-state index is -0.322. The number of nitriles is 1. The van der Waals surface area contributed by atoms with Crippen molar-refractivity contribution in [1.82, 2.24) is 4.90 Å². The van der Waals surface area contributed by atoms with E-state index in [0.29, 0.717) is 0 Å².